The molecule has 1 aromatic carbocycles. The van der Waals surface area contributed by atoms with Gasteiger partial charge in [-0.3, -0.25) is 9.78 Å². The van der Waals surface area contributed by atoms with Gasteiger partial charge in [0, 0.05) is 34.7 Å². The third kappa shape index (κ3) is 5.40. The summed E-state index contributed by atoms with van der Waals surface area (Å²) in [4.78, 5) is 21.4. The average Bonchev–Trinajstić information content (AvgIpc) is 2.80. The Balaban J connectivity index is 1.59. The summed E-state index contributed by atoms with van der Waals surface area (Å²) >= 11 is 6.04. The SMILES string of the molecule is O=C(NC1CCCC[C@H]1O)c1cnc(OCc2cccnc2)c(-c2ccc(Cl)cc2)c1. The molecule has 6 nitrogen and oxygen atoms in total. The number of rotatable bonds is 6. The Morgan fingerprint density at radius 2 is 1.97 bits per heavy atom. The predicted octanol–water partition coefficient (Wildman–Crippen LogP) is 4.41. The Labute approximate surface area is 186 Å². The molecule has 0 saturated heterocycles. The number of carbonyl (C=O) groups is 1. The molecule has 1 saturated carbocycles. The van der Waals surface area contributed by atoms with Crippen molar-refractivity contribution in [3.8, 4) is 17.0 Å². The van der Waals surface area contributed by atoms with E-state index in [1.807, 2.05) is 24.3 Å². The topological polar surface area (TPSA) is 84.3 Å². The van der Waals surface area contributed by atoms with Crippen LogP contribution in [0.2, 0.25) is 5.02 Å². The number of halogens is 1. The van der Waals surface area contributed by atoms with Gasteiger partial charge in [-0.1, -0.05) is 42.6 Å². The van der Waals surface area contributed by atoms with Gasteiger partial charge in [-0.15, -0.1) is 0 Å². The number of nitrogens with zero attached hydrogens (tertiary/aromatic N) is 2. The second kappa shape index (κ2) is 9.90. The van der Waals surface area contributed by atoms with E-state index in [-0.39, 0.29) is 11.9 Å². The molecule has 1 fully saturated rings. The molecule has 3 aromatic rings. The molecule has 31 heavy (non-hydrogen) atoms. The Kier molecular flexibility index (Phi) is 6.79. The molecule has 160 valence electrons. The number of amides is 1. The number of aliphatic hydroxyl groups excluding tert-OH is 1. The Hall–Kier alpha value is -2.96. The summed E-state index contributed by atoms with van der Waals surface area (Å²) in [7, 11) is 0. The van der Waals surface area contributed by atoms with Crippen molar-refractivity contribution < 1.29 is 14.6 Å². The van der Waals surface area contributed by atoms with Gasteiger partial charge in [-0.05, 0) is 42.7 Å². The van der Waals surface area contributed by atoms with Gasteiger partial charge < -0.3 is 15.2 Å². The fraction of sp³-hybridized carbons (Fsp3) is 0.292. The maximum absolute atomic E-state index is 12.9. The van der Waals surface area contributed by atoms with Crippen LogP contribution >= 0.6 is 11.6 Å². The fourth-order valence-corrected chi connectivity index (χ4v) is 3.82. The van der Waals surface area contributed by atoms with Crippen LogP contribution in [0.25, 0.3) is 11.1 Å². The zero-order chi connectivity index (χ0) is 21.6. The highest BCUT2D eigenvalue weighted by Crippen LogP contribution is 2.31. The van der Waals surface area contributed by atoms with Crippen LogP contribution in [0.1, 0.15) is 41.6 Å². The Morgan fingerprint density at radius 3 is 2.71 bits per heavy atom. The number of benzene rings is 1. The monoisotopic (exact) mass is 437 g/mol. The molecular weight excluding hydrogens is 414 g/mol. The van der Waals surface area contributed by atoms with Crippen LogP contribution in [0.3, 0.4) is 0 Å². The fourth-order valence-electron chi connectivity index (χ4n) is 3.69. The van der Waals surface area contributed by atoms with Crippen molar-refractivity contribution in [3.63, 3.8) is 0 Å². The van der Waals surface area contributed by atoms with Crippen LogP contribution in [0.15, 0.2) is 61.1 Å². The maximum Gasteiger partial charge on any atom is 0.253 e. The molecule has 1 aliphatic carbocycles. The highest BCUT2D eigenvalue weighted by Gasteiger charge is 2.25. The second-order valence-corrected chi connectivity index (χ2v) is 8.10. The average molecular weight is 438 g/mol. The van der Waals surface area contributed by atoms with E-state index in [1.54, 1.807) is 30.6 Å². The maximum atomic E-state index is 12.9. The first-order chi connectivity index (χ1) is 15.1. The number of hydrogen-bond acceptors (Lipinski definition) is 5. The lowest BCUT2D eigenvalue weighted by Crippen LogP contribution is -2.45. The number of aromatic nitrogens is 2. The smallest absolute Gasteiger partial charge is 0.253 e. The van der Waals surface area contributed by atoms with E-state index in [0.29, 0.717) is 35.1 Å². The zero-order valence-electron chi connectivity index (χ0n) is 17.0. The lowest BCUT2D eigenvalue weighted by molar-refractivity contribution is 0.0717. The summed E-state index contributed by atoms with van der Waals surface area (Å²) in [5, 5.41) is 13.7. The van der Waals surface area contributed by atoms with Gasteiger partial charge in [-0.2, -0.15) is 0 Å². The second-order valence-electron chi connectivity index (χ2n) is 7.67. The van der Waals surface area contributed by atoms with Gasteiger partial charge in [0.1, 0.15) is 6.61 Å². The van der Waals surface area contributed by atoms with Crippen LogP contribution in [-0.2, 0) is 6.61 Å². The molecule has 1 unspecified atom stereocenters. The summed E-state index contributed by atoms with van der Waals surface area (Å²) in [6, 6.07) is 12.6. The summed E-state index contributed by atoms with van der Waals surface area (Å²) in [6.07, 6.45) is 7.90. The van der Waals surface area contributed by atoms with Gasteiger partial charge in [0.15, 0.2) is 0 Å². The van der Waals surface area contributed by atoms with Crippen LogP contribution in [0.5, 0.6) is 5.88 Å². The lowest BCUT2D eigenvalue weighted by Gasteiger charge is -2.28. The minimum Gasteiger partial charge on any atom is -0.472 e. The van der Waals surface area contributed by atoms with E-state index in [9.17, 15) is 9.90 Å². The van der Waals surface area contributed by atoms with Gasteiger partial charge in [0.25, 0.3) is 5.91 Å². The van der Waals surface area contributed by atoms with E-state index in [2.05, 4.69) is 15.3 Å². The summed E-state index contributed by atoms with van der Waals surface area (Å²) in [5.41, 5.74) is 2.86. The molecule has 0 bridgehead atoms. The third-order valence-electron chi connectivity index (χ3n) is 5.41. The first kappa shape index (κ1) is 21.3. The molecule has 0 aliphatic heterocycles. The minimum atomic E-state index is -0.511. The quantitative estimate of drug-likeness (QED) is 0.596. The number of carbonyl (C=O) groups excluding carboxylic acids is 1. The van der Waals surface area contributed by atoms with E-state index >= 15 is 0 Å². The van der Waals surface area contributed by atoms with E-state index in [4.69, 9.17) is 16.3 Å². The van der Waals surface area contributed by atoms with Crippen molar-refractivity contribution in [2.45, 2.75) is 44.4 Å². The standard InChI is InChI=1S/C24H24ClN3O3/c25-19-9-7-17(8-10-19)20-12-18(23(30)28-21-5-1-2-6-22(21)29)14-27-24(20)31-15-16-4-3-11-26-13-16/h3-4,7-14,21-22,29H,1-2,5-6,15H2,(H,28,30)/t21?,22-/m1/s1. The summed E-state index contributed by atoms with van der Waals surface area (Å²) in [6.45, 7) is 0.307. The molecule has 0 radical (unpaired) electrons. The van der Waals surface area contributed by atoms with E-state index in [1.165, 1.54) is 6.20 Å². The van der Waals surface area contributed by atoms with Gasteiger partial charge >= 0.3 is 0 Å². The Morgan fingerprint density at radius 1 is 1.16 bits per heavy atom. The molecule has 4 rings (SSSR count). The van der Waals surface area contributed by atoms with Gasteiger partial charge in [0.2, 0.25) is 5.88 Å². The Bertz CT molecular complexity index is 1030. The molecular formula is C24H24ClN3O3. The largest absolute Gasteiger partial charge is 0.472 e. The van der Waals surface area contributed by atoms with Gasteiger partial charge in [-0.25, -0.2) is 4.98 Å². The first-order valence-corrected chi connectivity index (χ1v) is 10.7. The molecule has 2 atom stereocenters. The molecule has 7 heteroatoms. The number of nitrogens with one attached hydrogen (secondary N) is 1. The van der Waals surface area contributed by atoms with Crippen LogP contribution in [-0.4, -0.2) is 33.1 Å². The molecule has 2 N–H and O–H groups in total. The minimum absolute atomic E-state index is 0.235. The number of hydrogen-bond donors (Lipinski definition) is 2. The number of pyridine rings is 2. The molecule has 2 aromatic heterocycles. The highest BCUT2D eigenvalue weighted by molar-refractivity contribution is 6.30. The predicted molar refractivity (Wildman–Crippen MR) is 119 cm³/mol. The summed E-state index contributed by atoms with van der Waals surface area (Å²) in [5.74, 6) is 0.160. The molecule has 2 heterocycles. The number of aliphatic hydroxyl groups is 1. The molecule has 1 amide bonds. The van der Waals surface area contributed by atoms with E-state index < -0.39 is 6.10 Å². The first-order valence-electron chi connectivity index (χ1n) is 10.4. The third-order valence-corrected chi connectivity index (χ3v) is 5.66. The van der Waals surface area contributed by atoms with Crippen molar-refractivity contribution >= 4 is 17.5 Å². The van der Waals surface area contributed by atoms with Crippen molar-refractivity contribution in [1.29, 1.82) is 0 Å². The van der Waals surface area contributed by atoms with E-state index in [0.717, 1.165) is 30.4 Å². The summed E-state index contributed by atoms with van der Waals surface area (Å²) < 4.78 is 5.95. The van der Waals surface area contributed by atoms with Crippen molar-refractivity contribution in [2.75, 3.05) is 0 Å². The van der Waals surface area contributed by atoms with Crippen LogP contribution in [0.4, 0.5) is 0 Å². The normalized spacial score (nSPS) is 18.4. The van der Waals surface area contributed by atoms with Crippen LogP contribution in [0, 0.1) is 0 Å². The van der Waals surface area contributed by atoms with Crippen molar-refractivity contribution in [2.24, 2.45) is 0 Å². The highest BCUT2D eigenvalue weighted by atomic mass is 35.5. The van der Waals surface area contributed by atoms with Crippen molar-refractivity contribution in [1.82, 2.24) is 15.3 Å². The molecule has 1 aliphatic rings. The van der Waals surface area contributed by atoms with Crippen molar-refractivity contribution in [3.05, 3.63) is 77.2 Å². The number of ether oxygens (including phenoxy) is 1. The lowest BCUT2D eigenvalue weighted by atomic mass is 9.92. The molecule has 0 spiro atoms. The van der Waals surface area contributed by atoms with Crippen LogP contribution < -0.4 is 10.1 Å². The van der Waals surface area contributed by atoms with Gasteiger partial charge in [0.05, 0.1) is 17.7 Å². The zero-order valence-corrected chi connectivity index (χ0v) is 17.8.